The molecule has 0 aliphatic heterocycles. The van der Waals surface area contributed by atoms with Crippen molar-refractivity contribution in [3.63, 3.8) is 0 Å². The SMILES string of the molecule is CC1(C)[C@@H](c2ccc(S(N)(=O)=O)nc2)[C@@H]1c1cc(-c2cccc(F)c2)on1. The summed E-state index contributed by atoms with van der Waals surface area (Å²) in [5.41, 5.74) is 2.22. The molecule has 8 heteroatoms. The lowest BCUT2D eigenvalue weighted by Gasteiger charge is -2.03. The molecule has 6 nitrogen and oxygen atoms in total. The number of rotatable bonds is 4. The first-order valence-electron chi connectivity index (χ1n) is 8.39. The van der Waals surface area contributed by atoms with Crippen LogP contribution >= 0.6 is 0 Å². The average Bonchev–Trinajstić information content (AvgIpc) is 2.94. The van der Waals surface area contributed by atoms with Gasteiger partial charge in [-0.2, -0.15) is 0 Å². The van der Waals surface area contributed by atoms with Crippen LogP contribution in [0.3, 0.4) is 0 Å². The van der Waals surface area contributed by atoms with Gasteiger partial charge in [0.05, 0.1) is 5.69 Å². The number of nitrogens with two attached hydrogens (primary N) is 1. The monoisotopic (exact) mass is 387 g/mol. The van der Waals surface area contributed by atoms with Crippen molar-refractivity contribution in [3.05, 3.63) is 65.7 Å². The first-order valence-corrected chi connectivity index (χ1v) is 9.94. The maximum atomic E-state index is 13.4. The zero-order chi connectivity index (χ0) is 19.4. The van der Waals surface area contributed by atoms with Gasteiger partial charge in [0.2, 0.25) is 0 Å². The Hall–Kier alpha value is -2.58. The van der Waals surface area contributed by atoms with E-state index in [1.807, 2.05) is 6.07 Å². The standard InChI is InChI=1S/C19H18FN3O3S/c1-19(2)17(12-6-7-16(22-10-12)27(21,24)25)18(19)14-9-15(26-23-14)11-4-3-5-13(20)8-11/h3-10,17-18H,1-2H3,(H2,21,24,25)/t17-,18-/m0/s1. The Morgan fingerprint density at radius 3 is 2.56 bits per heavy atom. The summed E-state index contributed by atoms with van der Waals surface area (Å²) in [7, 11) is -3.82. The van der Waals surface area contributed by atoms with E-state index >= 15 is 0 Å². The van der Waals surface area contributed by atoms with Crippen LogP contribution in [0, 0.1) is 11.2 Å². The van der Waals surface area contributed by atoms with E-state index in [1.165, 1.54) is 18.2 Å². The minimum atomic E-state index is -3.82. The zero-order valence-corrected chi connectivity index (χ0v) is 15.6. The molecule has 3 aromatic rings. The van der Waals surface area contributed by atoms with Gasteiger partial charge >= 0.3 is 0 Å². The second kappa shape index (κ2) is 5.97. The molecule has 27 heavy (non-hydrogen) atoms. The van der Waals surface area contributed by atoms with Crippen molar-refractivity contribution in [2.75, 3.05) is 0 Å². The molecule has 0 unspecified atom stereocenters. The van der Waals surface area contributed by atoms with Crippen LogP contribution in [0.2, 0.25) is 0 Å². The lowest BCUT2D eigenvalue weighted by Crippen LogP contribution is -2.13. The Morgan fingerprint density at radius 1 is 1.15 bits per heavy atom. The van der Waals surface area contributed by atoms with E-state index in [-0.39, 0.29) is 28.1 Å². The molecule has 0 spiro atoms. The summed E-state index contributed by atoms with van der Waals surface area (Å²) in [5, 5.41) is 9.12. The number of halogens is 1. The summed E-state index contributed by atoms with van der Waals surface area (Å²) in [6.45, 7) is 4.21. The fraction of sp³-hybridized carbons (Fsp3) is 0.263. The third kappa shape index (κ3) is 3.15. The average molecular weight is 387 g/mol. The van der Waals surface area contributed by atoms with Gasteiger partial charge in [-0.25, -0.2) is 22.9 Å². The van der Waals surface area contributed by atoms with E-state index in [2.05, 4.69) is 24.0 Å². The van der Waals surface area contributed by atoms with Gasteiger partial charge in [-0.05, 0) is 29.2 Å². The zero-order valence-electron chi connectivity index (χ0n) is 14.8. The summed E-state index contributed by atoms with van der Waals surface area (Å²) >= 11 is 0. The van der Waals surface area contributed by atoms with Crippen LogP contribution < -0.4 is 5.14 Å². The van der Waals surface area contributed by atoms with Crippen LogP contribution in [-0.2, 0) is 10.0 Å². The molecular formula is C19H18FN3O3S. The van der Waals surface area contributed by atoms with Gasteiger partial charge in [0, 0.05) is 29.7 Å². The van der Waals surface area contributed by atoms with Crippen LogP contribution in [0.1, 0.15) is 36.9 Å². The van der Waals surface area contributed by atoms with Crippen LogP contribution in [0.25, 0.3) is 11.3 Å². The van der Waals surface area contributed by atoms with Gasteiger partial charge in [0.1, 0.15) is 5.82 Å². The molecule has 0 radical (unpaired) electrons. The molecule has 4 rings (SSSR count). The highest BCUT2D eigenvalue weighted by Crippen LogP contribution is 2.69. The number of benzene rings is 1. The molecule has 0 saturated heterocycles. The minimum absolute atomic E-state index is 0.0886. The highest BCUT2D eigenvalue weighted by Gasteiger charge is 2.60. The third-order valence-electron chi connectivity index (χ3n) is 5.19. The lowest BCUT2D eigenvalue weighted by atomic mass is 10.0. The molecule has 2 heterocycles. The van der Waals surface area contributed by atoms with Crippen molar-refractivity contribution in [2.24, 2.45) is 10.6 Å². The van der Waals surface area contributed by atoms with Gasteiger partial charge in [-0.15, -0.1) is 0 Å². The van der Waals surface area contributed by atoms with Crippen molar-refractivity contribution in [1.82, 2.24) is 10.1 Å². The van der Waals surface area contributed by atoms with Crippen molar-refractivity contribution in [1.29, 1.82) is 0 Å². The summed E-state index contributed by atoms with van der Waals surface area (Å²) in [6.07, 6.45) is 1.54. The molecule has 1 aliphatic rings. The number of hydrogen-bond acceptors (Lipinski definition) is 5. The van der Waals surface area contributed by atoms with E-state index in [0.29, 0.717) is 11.3 Å². The Labute approximate surface area is 156 Å². The normalized spacial score (nSPS) is 21.2. The Bertz CT molecular complexity index is 1110. The molecule has 1 saturated carbocycles. The van der Waals surface area contributed by atoms with Gasteiger partial charge < -0.3 is 4.52 Å². The first kappa shape index (κ1) is 17.8. The lowest BCUT2D eigenvalue weighted by molar-refractivity contribution is 0.420. The van der Waals surface area contributed by atoms with E-state index in [0.717, 1.165) is 11.3 Å². The second-order valence-corrected chi connectivity index (χ2v) is 8.89. The molecular weight excluding hydrogens is 369 g/mol. The third-order valence-corrected chi connectivity index (χ3v) is 6.02. The van der Waals surface area contributed by atoms with E-state index in [1.54, 1.807) is 24.4 Å². The summed E-state index contributed by atoms with van der Waals surface area (Å²) < 4.78 is 41.6. The van der Waals surface area contributed by atoms with Crippen LogP contribution in [0.15, 0.2) is 58.2 Å². The first-order chi connectivity index (χ1) is 12.7. The van der Waals surface area contributed by atoms with Crippen LogP contribution in [0.4, 0.5) is 4.39 Å². The van der Waals surface area contributed by atoms with Gasteiger partial charge in [0.15, 0.2) is 10.8 Å². The predicted octanol–water partition coefficient (Wildman–Crippen LogP) is 3.43. The molecule has 1 aromatic carbocycles. The molecule has 0 bridgehead atoms. The summed E-state index contributed by atoms with van der Waals surface area (Å²) in [5.74, 6) is 0.375. The number of nitrogens with zero attached hydrogens (tertiary/aromatic N) is 2. The van der Waals surface area contributed by atoms with Gasteiger partial charge in [-0.3, -0.25) is 0 Å². The largest absolute Gasteiger partial charge is 0.356 e. The second-order valence-electron chi connectivity index (χ2n) is 7.38. The van der Waals surface area contributed by atoms with Crippen molar-refractivity contribution >= 4 is 10.0 Å². The quantitative estimate of drug-likeness (QED) is 0.739. The molecule has 2 atom stereocenters. The maximum Gasteiger partial charge on any atom is 0.255 e. The van der Waals surface area contributed by atoms with Crippen molar-refractivity contribution in [3.8, 4) is 11.3 Å². The molecule has 1 fully saturated rings. The fourth-order valence-electron chi connectivity index (χ4n) is 3.77. The van der Waals surface area contributed by atoms with Crippen LogP contribution in [0.5, 0.6) is 0 Å². The summed E-state index contributed by atoms with van der Waals surface area (Å²) in [6, 6.07) is 11.1. The van der Waals surface area contributed by atoms with E-state index in [4.69, 9.17) is 9.66 Å². The smallest absolute Gasteiger partial charge is 0.255 e. The van der Waals surface area contributed by atoms with Crippen molar-refractivity contribution in [2.45, 2.75) is 30.7 Å². The molecule has 140 valence electrons. The van der Waals surface area contributed by atoms with E-state index in [9.17, 15) is 12.8 Å². The summed E-state index contributed by atoms with van der Waals surface area (Å²) in [4.78, 5) is 3.97. The molecule has 2 N–H and O–H groups in total. The number of hydrogen-bond donors (Lipinski definition) is 1. The van der Waals surface area contributed by atoms with Crippen molar-refractivity contribution < 1.29 is 17.3 Å². The number of aromatic nitrogens is 2. The van der Waals surface area contributed by atoms with E-state index < -0.39 is 10.0 Å². The maximum absolute atomic E-state index is 13.4. The minimum Gasteiger partial charge on any atom is -0.356 e. The van der Waals surface area contributed by atoms with Gasteiger partial charge in [-0.1, -0.05) is 37.2 Å². The topological polar surface area (TPSA) is 99.1 Å². The highest BCUT2D eigenvalue weighted by molar-refractivity contribution is 7.89. The van der Waals surface area contributed by atoms with Gasteiger partial charge in [0.25, 0.3) is 10.0 Å². The predicted molar refractivity (Wildman–Crippen MR) is 96.8 cm³/mol. The Morgan fingerprint density at radius 2 is 1.93 bits per heavy atom. The Balaban J connectivity index is 1.62. The molecule has 0 amide bonds. The fourth-order valence-corrected chi connectivity index (χ4v) is 4.23. The Kier molecular flexibility index (Phi) is 3.94. The number of sulfonamides is 1. The van der Waals surface area contributed by atoms with Crippen LogP contribution in [-0.4, -0.2) is 18.6 Å². The number of pyridine rings is 1. The molecule has 1 aliphatic carbocycles. The highest BCUT2D eigenvalue weighted by atomic mass is 32.2. The number of primary sulfonamides is 1. The molecule has 2 aromatic heterocycles.